The van der Waals surface area contributed by atoms with Crippen molar-refractivity contribution in [2.24, 2.45) is 10.7 Å². The highest BCUT2D eigenvalue weighted by molar-refractivity contribution is 7.81. The van der Waals surface area contributed by atoms with Crippen LogP contribution in [0.1, 0.15) is 36.5 Å². The van der Waals surface area contributed by atoms with E-state index < -0.39 is 75.6 Å². The molecule has 2 aliphatic heterocycles. The number of nitrogens with zero attached hydrogens (tertiary/aromatic N) is 7. The molecule has 0 spiro atoms. The Morgan fingerprint density at radius 2 is 1.28 bits per heavy atom. The molecule has 0 aromatic heterocycles. The lowest BCUT2D eigenvalue weighted by atomic mass is 10.2. The fourth-order valence-electron chi connectivity index (χ4n) is 6.34. The van der Waals surface area contributed by atoms with Crippen LogP contribution in [0.5, 0.6) is 0 Å². The quantitative estimate of drug-likeness (QED) is 0.0549. The van der Waals surface area contributed by atoms with Gasteiger partial charge in [0, 0.05) is 67.3 Å². The number of nitrogens with one attached hydrogen (secondary N) is 1. The van der Waals surface area contributed by atoms with Crippen molar-refractivity contribution in [3.63, 3.8) is 0 Å². The Morgan fingerprint density at radius 3 is 1.77 bits per heavy atom. The zero-order valence-electron chi connectivity index (χ0n) is 32.3. The van der Waals surface area contributed by atoms with Crippen molar-refractivity contribution in [2.45, 2.75) is 63.0 Å². The van der Waals surface area contributed by atoms with Gasteiger partial charge in [-0.15, -0.1) is 4.99 Å². The molecule has 0 radical (unpaired) electrons. The van der Waals surface area contributed by atoms with Crippen molar-refractivity contribution in [1.82, 2.24) is 20.0 Å². The Hall–Kier alpha value is -7.37. The standard InChI is InChI=1S/C37H39N9O14S/c1-22(32(47)39-26-14-15-41(17-26)33(48)31-16-30(61)18-42(31)36(50)59-20-24-4-10-28(11-5-24)45(54)55)43(37(51)60-21-25-6-12-29(13-7-25)46(56)57)34(38)40-35(49)58-19-23-2-8-27(9-3-23)44(52)53/h2-13,22,26,30-31,61H,14-21H2,1H3,(H,39,47)(H2,38,40,49)/t22-,26+,30+,31+/m1/s1. The van der Waals surface area contributed by atoms with Gasteiger partial charge in [-0.1, -0.05) is 0 Å². The molecule has 2 fully saturated rings. The summed E-state index contributed by atoms with van der Waals surface area (Å²) in [4.78, 5) is 105. The Balaban J connectivity index is 1.21. The highest BCUT2D eigenvalue weighted by Gasteiger charge is 2.43. The molecule has 0 aliphatic carbocycles. The highest BCUT2D eigenvalue weighted by atomic mass is 32.1. The van der Waals surface area contributed by atoms with Crippen LogP contribution in [-0.2, 0) is 43.6 Å². The van der Waals surface area contributed by atoms with E-state index in [4.69, 9.17) is 19.9 Å². The van der Waals surface area contributed by atoms with E-state index in [0.29, 0.717) is 21.6 Å². The van der Waals surface area contributed by atoms with Gasteiger partial charge >= 0.3 is 18.3 Å². The van der Waals surface area contributed by atoms with Gasteiger partial charge < -0.3 is 30.2 Å². The molecule has 2 saturated heterocycles. The molecule has 3 aromatic carbocycles. The average Bonchev–Trinajstić information content (AvgIpc) is 3.88. The van der Waals surface area contributed by atoms with Gasteiger partial charge in [-0.05, 0) is 72.9 Å². The maximum atomic E-state index is 13.7. The fourth-order valence-corrected chi connectivity index (χ4v) is 6.71. The molecule has 0 bridgehead atoms. The number of nitro benzene ring substituents is 3. The minimum absolute atomic E-state index is 0.0276. The number of ether oxygens (including phenoxy) is 3. The van der Waals surface area contributed by atoms with E-state index in [9.17, 15) is 54.3 Å². The van der Waals surface area contributed by atoms with Crippen LogP contribution >= 0.6 is 12.6 Å². The lowest BCUT2D eigenvalue weighted by molar-refractivity contribution is -0.385. The molecule has 2 heterocycles. The van der Waals surface area contributed by atoms with Gasteiger partial charge in [-0.3, -0.25) is 44.8 Å². The number of hydrogen-bond acceptors (Lipinski definition) is 15. The Bertz CT molecular complexity index is 2190. The Labute approximate surface area is 351 Å². The van der Waals surface area contributed by atoms with Crippen LogP contribution in [0.15, 0.2) is 77.8 Å². The van der Waals surface area contributed by atoms with Crippen LogP contribution in [0.4, 0.5) is 31.4 Å². The number of rotatable bonds is 13. The predicted molar refractivity (Wildman–Crippen MR) is 214 cm³/mol. The van der Waals surface area contributed by atoms with Gasteiger partial charge in [-0.25, -0.2) is 19.3 Å². The number of benzene rings is 3. The van der Waals surface area contributed by atoms with Crippen LogP contribution in [0, 0.1) is 30.3 Å². The second kappa shape index (κ2) is 20.1. The minimum Gasteiger partial charge on any atom is -0.445 e. The van der Waals surface area contributed by atoms with Gasteiger partial charge in [0.1, 0.15) is 31.9 Å². The van der Waals surface area contributed by atoms with Crippen LogP contribution in [0.3, 0.4) is 0 Å². The lowest BCUT2D eigenvalue weighted by Crippen LogP contribution is -2.55. The first-order valence-electron chi connectivity index (χ1n) is 18.4. The number of nitro groups is 3. The maximum Gasteiger partial charge on any atom is 0.437 e. The second-order valence-electron chi connectivity index (χ2n) is 13.8. The van der Waals surface area contributed by atoms with Gasteiger partial charge in [0.2, 0.25) is 17.8 Å². The third-order valence-corrected chi connectivity index (χ3v) is 9.96. The molecule has 4 atom stereocenters. The number of likely N-dealkylation sites (tertiary alicyclic amines) is 2. The van der Waals surface area contributed by atoms with Crippen molar-refractivity contribution in [3.05, 3.63) is 120 Å². The van der Waals surface area contributed by atoms with Crippen LogP contribution < -0.4 is 11.1 Å². The summed E-state index contributed by atoms with van der Waals surface area (Å²) in [6.07, 6.45) is -2.76. The smallest absolute Gasteiger partial charge is 0.437 e. The number of carbonyl (C=O) groups is 5. The van der Waals surface area contributed by atoms with Crippen molar-refractivity contribution in [3.8, 4) is 0 Å². The van der Waals surface area contributed by atoms with Crippen molar-refractivity contribution in [2.75, 3.05) is 19.6 Å². The van der Waals surface area contributed by atoms with E-state index in [0.717, 1.165) is 0 Å². The Morgan fingerprint density at radius 1 is 0.803 bits per heavy atom. The number of hydrogen-bond donors (Lipinski definition) is 3. The summed E-state index contributed by atoms with van der Waals surface area (Å²) in [7, 11) is 0. The zero-order chi connectivity index (χ0) is 44.4. The van der Waals surface area contributed by atoms with E-state index in [-0.39, 0.29) is 68.0 Å². The first-order valence-corrected chi connectivity index (χ1v) is 18.9. The summed E-state index contributed by atoms with van der Waals surface area (Å²) in [5.41, 5.74) is 6.77. The van der Waals surface area contributed by atoms with E-state index in [1.54, 1.807) is 0 Å². The molecule has 5 amide bonds. The number of non-ortho nitro benzene ring substituents is 3. The van der Waals surface area contributed by atoms with Crippen LogP contribution in [0.2, 0.25) is 0 Å². The van der Waals surface area contributed by atoms with Gasteiger partial charge in [0.15, 0.2) is 0 Å². The van der Waals surface area contributed by atoms with E-state index in [1.165, 1.54) is 89.5 Å². The van der Waals surface area contributed by atoms with Gasteiger partial charge in [0.25, 0.3) is 17.1 Å². The summed E-state index contributed by atoms with van der Waals surface area (Å²) in [6.45, 7) is 0.630. The number of nitrogens with two attached hydrogens (primary N) is 1. The van der Waals surface area contributed by atoms with Gasteiger partial charge in [0.05, 0.1) is 14.8 Å². The van der Waals surface area contributed by atoms with E-state index in [1.807, 2.05) is 0 Å². The number of guanidine groups is 1. The highest BCUT2D eigenvalue weighted by Crippen LogP contribution is 2.27. The van der Waals surface area contributed by atoms with E-state index in [2.05, 4.69) is 22.9 Å². The first-order chi connectivity index (χ1) is 29.0. The third-order valence-electron chi connectivity index (χ3n) is 9.59. The number of thiol groups is 1. The summed E-state index contributed by atoms with van der Waals surface area (Å²) < 4.78 is 15.8. The topological polar surface area (TPSA) is 303 Å². The molecular formula is C37H39N9O14S. The second-order valence-corrected chi connectivity index (χ2v) is 14.5. The van der Waals surface area contributed by atoms with Crippen LogP contribution in [0.25, 0.3) is 0 Å². The SMILES string of the molecule is C[C@H](C(=O)N[C@H]1CCN(C(=O)[C@@H]2C[C@H](S)CN2C(=O)OCc2ccc([N+](=O)[O-])cc2)C1)N(C(=O)OCc1ccc([N+](=O)[O-])cc1)C(N)=NC(=O)OCc1ccc([N+](=O)[O-])cc1. The number of carbonyl (C=O) groups excluding carboxylic acids is 5. The Kier molecular flexibility index (Phi) is 14.7. The monoisotopic (exact) mass is 865 g/mol. The normalized spacial score (nSPS) is 17.8. The largest absolute Gasteiger partial charge is 0.445 e. The molecule has 0 saturated carbocycles. The molecular weight excluding hydrogens is 827 g/mol. The molecule has 61 heavy (non-hydrogen) atoms. The molecule has 3 N–H and O–H groups in total. The number of amides is 5. The van der Waals surface area contributed by atoms with Crippen molar-refractivity contribution >= 4 is 65.7 Å². The van der Waals surface area contributed by atoms with Crippen LogP contribution in [-0.4, -0.2) is 109 Å². The summed E-state index contributed by atoms with van der Waals surface area (Å²) in [6, 6.07) is 12.6. The lowest BCUT2D eigenvalue weighted by Gasteiger charge is -2.28. The fraction of sp³-hybridized carbons (Fsp3) is 0.351. The van der Waals surface area contributed by atoms with Gasteiger partial charge in [-0.2, -0.15) is 12.6 Å². The predicted octanol–water partition coefficient (Wildman–Crippen LogP) is 3.82. The molecule has 5 rings (SSSR count). The van der Waals surface area contributed by atoms with Crippen molar-refractivity contribution in [1.29, 1.82) is 0 Å². The number of aliphatic imine (C=N–C) groups is 1. The summed E-state index contributed by atoms with van der Waals surface area (Å²) in [5.74, 6) is -1.98. The average molecular weight is 866 g/mol. The molecule has 3 aromatic rings. The minimum atomic E-state index is -1.47. The maximum absolute atomic E-state index is 13.7. The molecule has 0 unspecified atom stereocenters. The summed E-state index contributed by atoms with van der Waals surface area (Å²) in [5, 5.41) is 35.3. The summed E-state index contributed by atoms with van der Waals surface area (Å²) >= 11 is 4.48. The molecule has 322 valence electrons. The molecule has 24 heteroatoms. The van der Waals surface area contributed by atoms with E-state index >= 15 is 0 Å². The third kappa shape index (κ3) is 11.9. The zero-order valence-corrected chi connectivity index (χ0v) is 33.2. The first kappa shape index (κ1) is 44.7. The molecule has 2 aliphatic rings. The van der Waals surface area contributed by atoms with Crippen molar-refractivity contribution < 1.29 is 53.0 Å². The molecule has 23 nitrogen and oxygen atoms in total.